The molecule has 0 radical (unpaired) electrons. The average molecular weight is 208 g/mol. The maximum Gasteiger partial charge on any atom is 0.346 e. The number of carbonyl (C=O) groups excluding carboxylic acids is 1. The first-order valence-electron chi connectivity index (χ1n) is 4.86. The van der Waals surface area contributed by atoms with Gasteiger partial charge in [-0.05, 0) is 32.4 Å². The zero-order chi connectivity index (χ0) is 11.4. The Bertz CT molecular complexity index is 358. The molecule has 1 aromatic carbocycles. The van der Waals surface area contributed by atoms with Gasteiger partial charge in [-0.2, -0.15) is 0 Å². The summed E-state index contributed by atoms with van der Waals surface area (Å²) < 4.78 is 10.1. The van der Waals surface area contributed by atoms with Gasteiger partial charge in [-0.3, -0.25) is 0 Å². The molecule has 1 atom stereocenters. The summed E-state index contributed by atoms with van der Waals surface area (Å²) in [4.78, 5) is 11.1. The van der Waals surface area contributed by atoms with E-state index in [-0.39, 0.29) is 5.97 Å². The van der Waals surface area contributed by atoms with E-state index in [2.05, 4.69) is 4.74 Å². The van der Waals surface area contributed by atoms with Gasteiger partial charge in [0.15, 0.2) is 6.10 Å². The minimum absolute atomic E-state index is 0.366. The van der Waals surface area contributed by atoms with Crippen LogP contribution in [-0.4, -0.2) is 19.2 Å². The van der Waals surface area contributed by atoms with E-state index < -0.39 is 6.10 Å². The average Bonchev–Trinajstić information content (AvgIpc) is 2.20. The molecule has 82 valence electrons. The SMILES string of the molecule is COC(=O)C(C)Oc1ccc(C)cc1C. The molecule has 0 bridgehead atoms. The quantitative estimate of drug-likeness (QED) is 0.715. The van der Waals surface area contributed by atoms with Crippen LogP contribution in [0.15, 0.2) is 18.2 Å². The predicted molar refractivity (Wildman–Crippen MR) is 58.0 cm³/mol. The summed E-state index contributed by atoms with van der Waals surface area (Å²) in [6.07, 6.45) is -0.573. The fraction of sp³-hybridized carbons (Fsp3) is 0.417. The van der Waals surface area contributed by atoms with Crippen LogP contribution < -0.4 is 4.74 Å². The van der Waals surface area contributed by atoms with Gasteiger partial charge in [0.05, 0.1) is 7.11 Å². The normalized spacial score (nSPS) is 12.0. The van der Waals surface area contributed by atoms with Crippen LogP contribution in [0.3, 0.4) is 0 Å². The Kier molecular flexibility index (Phi) is 3.72. The van der Waals surface area contributed by atoms with Crippen molar-refractivity contribution in [1.29, 1.82) is 0 Å². The van der Waals surface area contributed by atoms with E-state index in [0.717, 1.165) is 11.3 Å². The molecule has 1 rings (SSSR count). The smallest absolute Gasteiger partial charge is 0.346 e. The van der Waals surface area contributed by atoms with Gasteiger partial charge in [0, 0.05) is 0 Å². The van der Waals surface area contributed by atoms with Crippen LogP contribution >= 0.6 is 0 Å². The number of rotatable bonds is 3. The fourth-order valence-corrected chi connectivity index (χ4v) is 1.34. The van der Waals surface area contributed by atoms with Crippen LogP contribution in [0.2, 0.25) is 0 Å². The lowest BCUT2D eigenvalue weighted by molar-refractivity contribution is -0.147. The number of carbonyl (C=O) groups is 1. The van der Waals surface area contributed by atoms with Gasteiger partial charge in [0.1, 0.15) is 5.75 Å². The van der Waals surface area contributed by atoms with Crippen molar-refractivity contribution in [3.63, 3.8) is 0 Å². The molecule has 0 aliphatic heterocycles. The molecule has 0 fully saturated rings. The van der Waals surface area contributed by atoms with Gasteiger partial charge in [0.25, 0.3) is 0 Å². The second-order valence-electron chi connectivity index (χ2n) is 3.55. The van der Waals surface area contributed by atoms with E-state index >= 15 is 0 Å². The molecular weight excluding hydrogens is 192 g/mol. The van der Waals surface area contributed by atoms with Gasteiger partial charge in [-0.1, -0.05) is 17.7 Å². The second-order valence-corrected chi connectivity index (χ2v) is 3.55. The monoisotopic (exact) mass is 208 g/mol. The van der Waals surface area contributed by atoms with Crippen molar-refractivity contribution in [2.45, 2.75) is 26.9 Å². The van der Waals surface area contributed by atoms with Crippen molar-refractivity contribution >= 4 is 5.97 Å². The van der Waals surface area contributed by atoms with E-state index in [4.69, 9.17) is 4.74 Å². The minimum Gasteiger partial charge on any atom is -0.479 e. The largest absolute Gasteiger partial charge is 0.479 e. The van der Waals surface area contributed by atoms with Crippen LogP contribution in [0, 0.1) is 13.8 Å². The lowest BCUT2D eigenvalue weighted by Gasteiger charge is -2.14. The molecule has 3 heteroatoms. The van der Waals surface area contributed by atoms with Gasteiger partial charge < -0.3 is 9.47 Å². The van der Waals surface area contributed by atoms with Crippen molar-refractivity contribution in [3.8, 4) is 5.75 Å². The number of benzene rings is 1. The highest BCUT2D eigenvalue weighted by molar-refractivity contribution is 5.74. The molecule has 0 spiro atoms. The van der Waals surface area contributed by atoms with E-state index in [1.807, 2.05) is 32.0 Å². The molecule has 0 aromatic heterocycles. The highest BCUT2D eigenvalue weighted by Crippen LogP contribution is 2.20. The van der Waals surface area contributed by atoms with Gasteiger partial charge in [-0.25, -0.2) is 4.79 Å². The van der Waals surface area contributed by atoms with Crippen molar-refractivity contribution in [1.82, 2.24) is 0 Å². The molecule has 0 aliphatic rings. The van der Waals surface area contributed by atoms with E-state index in [1.165, 1.54) is 12.7 Å². The Morgan fingerprint density at radius 3 is 2.53 bits per heavy atom. The van der Waals surface area contributed by atoms with Crippen molar-refractivity contribution in [2.75, 3.05) is 7.11 Å². The predicted octanol–water partition coefficient (Wildman–Crippen LogP) is 2.24. The fourth-order valence-electron chi connectivity index (χ4n) is 1.34. The zero-order valence-electron chi connectivity index (χ0n) is 9.53. The number of hydrogen-bond acceptors (Lipinski definition) is 3. The molecule has 0 heterocycles. The second kappa shape index (κ2) is 4.82. The maximum atomic E-state index is 11.1. The van der Waals surface area contributed by atoms with Crippen LogP contribution in [-0.2, 0) is 9.53 Å². The topological polar surface area (TPSA) is 35.5 Å². The van der Waals surface area contributed by atoms with Crippen LogP contribution in [0.25, 0.3) is 0 Å². The van der Waals surface area contributed by atoms with Crippen molar-refractivity contribution in [3.05, 3.63) is 29.3 Å². The zero-order valence-corrected chi connectivity index (χ0v) is 9.53. The third-order valence-corrected chi connectivity index (χ3v) is 2.17. The number of methoxy groups -OCH3 is 1. The van der Waals surface area contributed by atoms with E-state index in [1.54, 1.807) is 6.92 Å². The number of ether oxygens (including phenoxy) is 2. The Morgan fingerprint density at radius 1 is 1.33 bits per heavy atom. The summed E-state index contributed by atoms with van der Waals surface area (Å²) in [6.45, 7) is 5.64. The number of aryl methyl sites for hydroxylation is 2. The molecule has 0 saturated carbocycles. The van der Waals surface area contributed by atoms with E-state index in [9.17, 15) is 4.79 Å². The highest BCUT2D eigenvalue weighted by Gasteiger charge is 2.15. The van der Waals surface area contributed by atoms with Gasteiger partial charge in [0.2, 0.25) is 0 Å². The lowest BCUT2D eigenvalue weighted by Crippen LogP contribution is -2.25. The molecule has 1 unspecified atom stereocenters. The van der Waals surface area contributed by atoms with Gasteiger partial charge >= 0.3 is 5.97 Å². The minimum atomic E-state index is -0.573. The first-order chi connectivity index (χ1) is 7.04. The molecular formula is C12H16O3. The first kappa shape index (κ1) is 11.6. The van der Waals surface area contributed by atoms with E-state index in [0.29, 0.717) is 0 Å². The van der Waals surface area contributed by atoms with Crippen LogP contribution in [0.4, 0.5) is 0 Å². The molecule has 15 heavy (non-hydrogen) atoms. The van der Waals surface area contributed by atoms with Crippen LogP contribution in [0.1, 0.15) is 18.1 Å². The number of esters is 1. The summed E-state index contributed by atoms with van der Waals surface area (Å²) in [5.74, 6) is 0.355. The molecule has 3 nitrogen and oxygen atoms in total. The summed E-state index contributed by atoms with van der Waals surface area (Å²) in [6, 6.07) is 5.83. The molecule has 1 aromatic rings. The summed E-state index contributed by atoms with van der Waals surface area (Å²) in [7, 11) is 1.35. The highest BCUT2D eigenvalue weighted by atomic mass is 16.6. The number of hydrogen-bond donors (Lipinski definition) is 0. The molecule has 0 aliphatic carbocycles. The summed E-state index contributed by atoms with van der Waals surface area (Å²) >= 11 is 0. The maximum absolute atomic E-state index is 11.1. The van der Waals surface area contributed by atoms with Crippen molar-refractivity contribution in [2.24, 2.45) is 0 Å². The Labute approximate surface area is 90.0 Å². The Morgan fingerprint density at radius 2 is 2.00 bits per heavy atom. The third-order valence-electron chi connectivity index (χ3n) is 2.17. The third kappa shape index (κ3) is 2.98. The van der Waals surface area contributed by atoms with Gasteiger partial charge in [-0.15, -0.1) is 0 Å². The standard InChI is InChI=1S/C12H16O3/c1-8-5-6-11(9(2)7-8)15-10(3)12(13)14-4/h5-7,10H,1-4H3. The lowest BCUT2D eigenvalue weighted by atomic mass is 10.1. The molecule has 0 saturated heterocycles. The first-order valence-corrected chi connectivity index (χ1v) is 4.86. The summed E-state index contributed by atoms with van der Waals surface area (Å²) in [5.41, 5.74) is 2.19. The van der Waals surface area contributed by atoms with Crippen molar-refractivity contribution < 1.29 is 14.3 Å². The molecule has 0 N–H and O–H groups in total. The Hall–Kier alpha value is -1.51. The Balaban J connectivity index is 2.76. The summed E-state index contributed by atoms with van der Waals surface area (Å²) in [5, 5.41) is 0. The molecule has 0 amide bonds. The van der Waals surface area contributed by atoms with Crippen LogP contribution in [0.5, 0.6) is 5.75 Å².